The van der Waals surface area contributed by atoms with Crippen LogP contribution in [0.4, 0.5) is 0 Å². The monoisotopic (exact) mass is 287 g/mol. The summed E-state index contributed by atoms with van der Waals surface area (Å²) in [6.45, 7) is 15.7. The lowest BCUT2D eigenvalue weighted by atomic mass is 10.1. The maximum Gasteiger partial charge on any atom is 0.0748 e. The summed E-state index contributed by atoms with van der Waals surface area (Å²) < 4.78 is 11.8. The van der Waals surface area contributed by atoms with Crippen molar-refractivity contribution in [3.8, 4) is 0 Å². The third kappa shape index (κ3) is 7.55. The van der Waals surface area contributed by atoms with Crippen molar-refractivity contribution in [2.75, 3.05) is 52.5 Å². The SMILES string of the molecule is CC(C)(CN)OCCC(C)(C)OCCN1CCNCC1. The molecule has 1 heterocycles. The minimum atomic E-state index is -0.239. The molecule has 0 aliphatic carbocycles. The Labute approximate surface area is 124 Å². The molecule has 1 aliphatic rings. The number of ether oxygens (including phenoxy) is 2. The molecule has 0 amide bonds. The van der Waals surface area contributed by atoms with Crippen LogP contribution < -0.4 is 11.1 Å². The van der Waals surface area contributed by atoms with Crippen LogP contribution in [0.3, 0.4) is 0 Å². The Morgan fingerprint density at radius 2 is 1.60 bits per heavy atom. The summed E-state index contributed by atoms with van der Waals surface area (Å²) in [6, 6.07) is 0. The maximum absolute atomic E-state index is 6.01. The first-order chi connectivity index (χ1) is 9.35. The zero-order valence-electron chi connectivity index (χ0n) is 13.7. The minimum Gasteiger partial charge on any atom is -0.374 e. The van der Waals surface area contributed by atoms with Crippen LogP contribution in [0.15, 0.2) is 0 Å². The van der Waals surface area contributed by atoms with Crippen molar-refractivity contribution in [1.82, 2.24) is 10.2 Å². The van der Waals surface area contributed by atoms with Crippen molar-refractivity contribution in [1.29, 1.82) is 0 Å². The molecule has 1 aliphatic heterocycles. The molecule has 1 fully saturated rings. The Bertz CT molecular complexity index is 264. The average Bonchev–Trinajstić information content (AvgIpc) is 2.39. The molecule has 0 aromatic carbocycles. The number of hydrogen-bond donors (Lipinski definition) is 2. The zero-order chi connectivity index (χ0) is 15.1. The Morgan fingerprint density at radius 1 is 1.00 bits per heavy atom. The fourth-order valence-corrected chi connectivity index (χ4v) is 2.09. The molecule has 5 heteroatoms. The fourth-order valence-electron chi connectivity index (χ4n) is 2.09. The number of hydrogen-bond acceptors (Lipinski definition) is 5. The van der Waals surface area contributed by atoms with Gasteiger partial charge in [0, 0.05) is 39.3 Å². The van der Waals surface area contributed by atoms with Crippen LogP contribution in [0.5, 0.6) is 0 Å². The molecule has 0 spiro atoms. The van der Waals surface area contributed by atoms with E-state index in [1.807, 2.05) is 13.8 Å². The van der Waals surface area contributed by atoms with E-state index >= 15 is 0 Å². The Morgan fingerprint density at radius 3 is 2.20 bits per heavy atom. The molecule has 0 bridgehead atoms. The van der Waals surface area contributed by atoms with Crippen LogP contribution in [0.1, 0.15) is 34.1 Å². The van der Waals surface area contributed by atoms with Gasteiger partial charge in [-0.1, -0.05) is 0 Å². The third-order valence-corrected chi connectivity index (χ3v) is 3.80. The Balaban J connectivity index is 2.13. The molecule has 0 aromatic rings. The number of nitrogens with two attached hydrogens (primary N) is 1. The number of rotatable bonds is 9. The predicted octanol–water partition coefficient (Wildman–Crippen LogP) is 0.831. The van der Waals surface area contributed by atoms with Gasteiger partial charge in [0.1, 0.15) is 0 Å². The van der Waals surface area contributed by atoms with E-state index in [2.05, 4.69) is 24.1 Å². The van der Waals surface area contributed by atoms with Crippen molar-refractivity contribution in [3.63, 3.8) is 0 Å². The van der Waals surface area contributed by atoms with Crippen molar-refractivity contribution < 1.29 is 9.47 Å². The highest BCUT2D eigenvalue weighted by Gasteiger charge is 2.22. The van der Waals surface area contributed by atoms with Gasteiger partial charge in [-0.15, -0.1) is 0 Å². The van der Waals surface area contributed by atoms with Crippen LogP contribution >= 0.6 is 0 Å². The first kappa shape index (κ1) is 17.9. The Hall–Kier alpha value is -0.200. The number of piperazine rings is 1. The third-order valence-electron chi connectivity index (χ3n) is 3.80. The zero-order valence-corrected chi connectivity index (χ0v) is 13.7. The molecule has 1 rings (SSSR count). The van der Waals surface area contributed by atoms with Gasteiger partial charge in [-0.2, -0.15) is 0 Å². The average molecular weight is 287 g/mol. The van der Waals surface area contributed by atoms with E-state index in [1.165, 1.54) is 0 Å². The second-order valence-corrected chi connectivity index (χ2v) is 6.76. The summed E-state index contributed by atoms with van der Waals surface area (Å²) in [5.74, 6) is 0. The molecule has 120 valence electrons. The van der Waals surface area contributed by atoms with Gasteiger partial charge in [0.2, 0.25) is 0 Å². The van der Waals surface area contributed by atoms with Gasteiger partial charge in [-0.25, -0.2) is 0 Å². The van der Waals surface area contributed by atoms with Crippen molar-refractivity contribution in [2.45, 2.75) is 45.3 Å². The number of nitrogens with one attached hydrogen (secondary N) is 1. The van der Waals surface area contributed by atoms with Crippen molar-refractivity contribution in [2.24, 2.45) is 5.73 Å². The molecule has 1 saturated heterocycles. The minimum absolute atomic E-state index is 0.140. The summed E-state index contributed by atoms with van der Waals surface area (Å²) in [5, 5.41) is 3.36. The van der Waals surface area contributed by atoms with Crippen LogP contribution in [-0.4, -0.2) is 68.6 Å². The molecule has 5 nitrogen and oxygen atoms in total. The summed E-state index contributed by atoms with van der Waals surface area (Å²) in [7, 11) is 0. The van der Waals surface area contributed by atoms with Crippen LogP contribution in [-0.2, 0) is 9.47 Å². The van der Waals surface area contributed by atoms with E-state index in [9.17, 15) is 0 Å². The highest BCUT2D eigenvalue weighted by Crippen LogP contribution is 2.17. The molecule has 3 N–H and O–H groups in total. The van der Waals surface area contributed by atoms with E-state index in [-0.39, 0.29) is 11.2 Å². The Kier molecular flexibility index (Phi) is 7.40. The topological polar surface area (TPSA) is 59.8 Å². The lowest BCUT2D eigenvalue weighted by Gasteiger charge is -2.31. The summed E-state index contributed by atoms with van der Waals surface area (Å²) in [5.41, 5.74) is 5.27. The van der Waals surface area contributed by atoms with Gasteiger partial charge < -0.3 is 20.5 Å². The van der Waals surface area contributed by atoms with Gasteiger partial charge in [0.15, 0.2) is 0 Å². The van der Waals surface area contributed by atoms with Crippen molar-refractivity contribution >= 4 is 0 Å². The molecular formula is C15H33N3O2. The standard InChI is InChI=1S/C15H33N3O2/c1-14(2,5-11-19-15(3,4)13-16)20-12-10-18-8-6-17-7-9-18/h17H,5-13,16H2,1-4H3. The van der Waals surface area contributed by atoms with E-state index in [4.69, 9.17) is 15.2 Å². The maximum atomic E-state index is 6.01. The smallest absolute Gasteiger partial charge is 0.0748 e. The second-order valence-electron chi connectivity index (χ2n) is 6.76. The first-order valence-corrected chi connectivity index (χ1v) is 7.76. The lowest BCUT2D eigenvalue weighted by Crippen LogP contribution is -2.45. The van der Waals surface area contributed by atoms with Crippen LogP contribution in [0.2, 0.25) is 0 Å². The molecule has 0 atom stereocenters. The van der Waals surface area contributed by atoms with Gasteiger partial charge in [0.05, 0.1) is 24.4 Å². The molecule has 0 aromatic heterocycles. The normalized spacial score (nSPS) is 18.4. The summed E-state index contributed by atoms with van der Waals surface area (Å²) in [4.78, 5) is 2.45. The molecule has 20 heavy (non-hydrogen) atoms. The first-order valence-electron chi connectivity index (χ1n) is 7.76. The second kappa shape index (κ2) is 8.29. The van der Waals surface area contributed by atoms with Crippen LogP contribution in [0, 0.1) is 0 Å². The van der Waals surface area contributed by atoms with Gasteiger partial charge in [0.25, 0.3) is 0 Å². The van der Waals surface area contributed by atoms with E-state index in [1.54, 1.807) is 0 Å². The van der Waals surface area contributed by atoms with Gasteiger partial charge in [-0.3, -0.25) is 4.90 Å². The van der Waals surface area contributed by atoms with Crippen molar-refractivity contribution in [3.05, 3.63) is 0 Å². The highest BCUT2D eigenvalue weighted by molar-refractivity contribution is 4.73. The molecule has 0 radical (unpaired) electrons. The van der Waals surface area contributed by atoms with Gasteiger partial charge >= 0.3 is 0 Å². The quantitative estimate of drug-likeness (QED) is 0.658. The number of nitrogens with zero attached hydrogens (tertiary/aromatic N) is 1. The van der Waals surface area contributed by atoms with Crippen LogP contribution in [0.25, 0.3) is 0 Å². The molecular weight excluding hydrogens is 254 g/mol. The molecule has 0 saturated carbocycles. The fraction of sp³-hybridized carbons (Fsp3) is 1.00. The lowest BCUT2D eigenvalue weighted by molar-refractivity contribution is -0.0726. The summed E-state index contributed by atoms with van der Waals surface area (Å²) >= 11 is 0. The van der Waals surface area contributed by atoms with E-state index < -0.39 is 0 Å². The highest BCUT2D eigenvalue weighted by atomic mass is 16.5. The van der Waals surface area contributed by atoms with E-state index in [0.717, 1.165) is 45.8 Å². The largest absolute Gasteiger partial charge is 0.374 e. The predicted molar refractivity (Wildman–Crippen MR) is 83.0 cm³/mol. The van der Waals surface area contributed by atoms with E-state index in [0.29, 0.717) is 13.2 Å². The molecule has 0 unspecified atom stereocenters. The summed E-state index contributed by atoms with van der Waals surface area (Å²) in [6.07, 6.45) is 0.887. The van der Waals surface area contributed by atoms with Gasteiger partial charge in [-0.05, 0) is 34.1 Å².